The third kappa shape index (κ3) is 5.17. The van der Waals surface area contributed by atoms with Crippen molar-refractivity contribution in [2.24, 2.45) is 17.3 Å². The molecule has 1 saturated heterocycles. The minimum absolute atomic E-state index is 0. The molecule has 0 atom stereocenters. The van der Waals surface area contributed by atoms with Crippen LogP contribution < -0.4 is 10.6 Å². The molecule has 0 spiro atoms. The minimum atomic E-state index is 0. The van der Waals surface area contributed by atoms with Crippen molar-refractivity contribution in [1.29, 1.82) is 0 Å². The van der Waals surface area contributed by atoms with E-state index in [1.807, 2.05) is 0 Å². The summed E-state index contributed by atoms with van der Waals surface area (Å²) >= 11 is 0. The predicted octanol–water partition coefficient (Wildman–Crippen LogP) is 1.82. The van der Waals surface area contributed by atoms with Crippen LogP contribution in [0.15, 0.2) is 0 Å². The van der Waals surface area contributed by atoms with Gasteiger partial charge in [0.1, 0.15) is 0 Å². The quantitative estimate of drug-likeness (QED) is 0.779. The summed E-state index contributed by atoms with van der Waals surface area (Å²) in [6.45, 7) is 11.4. The summed E-state index contributed by atoms with van der Waals surface area (Å²) in [7, 11) is 0. The molecule has 2 N–H and O–H groups in total. The van der Waals surface area contributed by atoms with Gasteiger partial charge in [-0.25, -0.2) is 0 Å². The van der Waals surface area contributed by atoms with Crippen LogP contribution in [0, 0.1) is 17.3 Å². The molecule has 0 unspecified atom stereocenters. The van der Waals surface area contributed by atoms with Gasteiger partial charge in [-0.15, -0.1) is 12.4 Å². The highest BCUT2D eigenvalue weighted by molar-refractivity contribution is 5.85. The molecular formula is C12H25ClN2O. The number of carbonyl (C=O) groups is 1. The average Bonchev–Trinajstić information content (AvgIpc) is 1.95. The van der Waals surface area contributed by atoms with Crippen molar-refractivity contribution in [3.05, 3.63) is 0 Å². The molecule has 0 bridgehead atoms. The number of rotatable bonds is 5. The smallest absolute Gasteiger partial charge is 0.225 e. The van der Waals surface area contributed by atoms with Gasteiger partial charge in [0.15, 0.2) is 0 Å². The first-order valence-electron chi connectivity index (χ1n) is 5.89. The van der Waals surface area contributed by atoms with E-state index in [2.05, 4.69) is 38.3 Å². The maximum atomic E-state index is 11.6. The summed E-state index contributed by atoms with van der Waals surface area (Å²) in [5.74, 6) is 1.10. The van der Waals surface area contributed by atoms with Crippen LogP contribution in [0.4, 0.5) is 0 Å². The topological polar surface area (TPSA) is 41.1 Å². The molecule has 1 fully saturated rings. The molecule has 0 radical (unpaired) electrons. The van der Waals surface area contributed by atoms with Crippen molar-refractivity contribution in [3.8, 4) is 0 Å². The van der Waals surface area contributed by atoms with Crippen LogP contribution in [-0.4, -0.2) is 25.5 Å². The van der Waals surface area contributed by atoms with Crippen molar-refractivity contribution < 1.29 is 4.79 Å². The Morgan fingerprint density at radius 2 is 2.00 bits per heavy atom. The van der Waals surface area contributed by atoms with E-state index in [4.69, 9.17) is 0 Å². The molecule has 4 heteroatoms. The molecule has 0 saturated carbocycles. The summed E-state index contributed by atoms with van der Waals surface area (Å²) in [4.78, 5) is 11.6. The van der Waals surface area contributed by atoms with E-state index in [9.17, 15) is 4.79 Å². The summed E-state index contributed by atoms with van der Waals surface area (Å²) in [6, 6.07) is 0. The minimum Gasteiger partial charge on any atom is -0.355 e. The number of hydrogen-bond donors (Lipinski definition) is 2. The first kappa shape index (κ1) is 15.7. The highest BCUT2D eigenvalue weighted by Gasteiger charge is 2.27. The Labute approximate surface area is 105 Å². The van der Waals surface area contributed by atoms with Crippen molar-refractivity contribution in [2.45, 2.75) is 34.1 Å². The maximum absolute atomic E-state index is 11.6. The molecule has 1 aliphatic heterocycles. The average molecular weight is 249 g/mol. The first-order valence-corrected chi connectivity index (χ1v) is 5.89. The molecule has 0 aromatic rings. The Hall–Kier alpha value is -0.280. The van der Waals surface area contributed by atoms with Gasteiger partial charge in [-0.1, -0.05) is 27.7 Å². The third-order valence-electron chi connectivity index (χ3n) is 2.85. The summed E-state index contributed by atoms with van der Waals surface area (Å²) in [6.07, 6.45) is 1.15. The van der Waals surface area contributed by atoms with Crippen LogP contribution in [0.5, 0.6) is 0 Å². The Kier molecular flexibility index (Phi) is 6.34. The largest absolute Gasteiger partial charge is 0.355 e. The Morgan fingerprint density at radius 1 is 1.44 bits per heavy atom. The molecule has 96 valence electrons. The molecule has 1 heterocycles. The normalized spacial score (nSPS) is 16.6. The molecule has 16 heavy (non-hydrogen) atoms. The van der Waals surface area contributed by atoms with E-state index in [-0.39, 0.29) is 29.6 Å². The summed E-state index contributed by atoms with van der Waals surface area (Å²) < 4.78 is 0. The lowest BCUT2D eigenvalue weighted by Gasteiger charge is -2.30. The monoisotopic (exact) mass is 248 g/mol. The Morgan fingerprint density at radius 3 is 2.38 bits per heavy atom. The van der Waals surface area contributed by atoms with E-state index in [0.29, 0.717) is 5.92 Å². The number of amides is 1. The zero-order valence-corrected chi connectivity index (χ0v) is 11.6. The van der Waals surface area contributed by atoms with E-state index in [1.165, 1.54) is 0 Å². The van der Waals surface area contributed by atoms with Crippen molar-refractivity contribution in [2.75, 3.05) is 19.6 Å². The molecule has 1 rings (SSSR count). The fraction of sp³-hybridized carbons (Fsp3) is 0.917. The molecule has 3 nitrogen and oxygen atoms in total. The van der Waals surface area contributed by atoms with Gasteiger partial charge in [0.25, 0.3) is 0 Å². The zero-order chi connectivity index (χ0) is 11.5. The maximum Gasteiger partial charge on any atom is 0.225 e. The van der Waals surface area contributed by atoms with Gasteiger partial charge in [-0.05, 0) is 17.8 Å². The molecule has 0 aromatic heterocycles. The van der Waals surface area contributed by atoms with Gasteiger partial charge in [0.05, 0.1) is 5.92 Å². The van der Waals surface area contributed by atoms with Crippen LogP contribution in [0.1, 0.15) is 34.1 Å². The summed E-state index contributed by atoms with van der Waals surface area (Å²) in [5, 5.41) is 6.16. The van der Waals surface area contributed by atoms with Gasteiger partial charge >= 0.3 is 0 Å². The van der Waals surface area contributed by atoms with Gasteiger partial charge in [-0.3, -0.25) is 4.79 Å². The molecule has 1 aliphatic rings. The molecular weight excluding hydrogens is 224 g/mol. The summed E-state index contributed by atoms with van der Waals surface area (Å²) in [5.41, 5.74) is 0.209. The van der Waals surface area contributed by atoms with Gasteiger partial charge in [-0.2, -0.15) is 0 Å². The van der Waals surface area contributed by atoms with E-state index < -0.39 is 0 Å². The van der Waals surface area contributed by atoms with E-state index >= 15 is 0 Å². The number of nitrogens with one attached hydrogen (secondary N) is 2. The van der Waals surface area contributed by atoms with E-state index in [1.54, 1.807) is 0 Å². The standard InChI is InChI=1S/C12H24N2O.ClH/c1-9(2)5-12(3,4)8-14-11(15)10-6-13-7-10;/h9-10,13H,5-8H2,1-4H3,(H,14,15);1H. The van der Waals surface area contributed by atoms with Crippen molar-refractivity contribution >= 4 is 18.3 Å². The van der Waals surface area contributed by atoms with Gasteiger partial charge in [0, 0.05) is 19.6 Å². The van der Waals surface area contributed by atoms with Crippen LogP contribution in [-0.2, 0) is 4.79 Å². The highest BCUT2D eigenvalue weighted by Crippen LogP contribution is 2.24. The lowest BCUT2D eigenvalue weighted by Crippen LogP contribution is -2.52. The van der Waals surface area contributed by atoms with Gasteiger partial charge < -0.3 is 10.6 Å². The number of hydrogen-bond acceptors (Lipinski definition) is 2. The second kappa shape index (κ2) is 6.45. The second-order valence-electron chi connectivity index (χ2n) is 5.84. The molecule has 0 aliphatic carbocycles. The fourth-order valence-corrected chi connectivity index (χ4v) is 2.12. The van der Waals surface area contributed by atoms with Crippen LogP contribution >= 0.6 is 12.4 Å². The number of halogens is 1. The van der Waals surface area contributed by atoms with Crippen molar-refractivity contribution in [1.82, 2.24) is 10.6 Å². The first-order chi connectivity index (χ1) is 6.91. The zero-order valence-electron chi connectivity index (χ0n) is 10.8. The third-order valence-corrected chi connectivity index (χ3v) is 2.85. The van der Waals surface area contributed by atoms with Crippen molar-refractivity contribution in [3.63, 3.8) is 0 Å². The lowest BCUT2D eigenvalue weighted by atomic mass is 9.84. The highest BCUT2D eigenvalue weighted by atomic mass is 35.5. The molecule has 0 aromatic carbocycles. The Balaban J connectivity index is 0.00000225. The van der Waals surface area contributed by atoms with E-state index in [0.717, 1.165) is 26.1 Å². The lowest BCUT2D eigenvalue weighted by molar-refractivity contribution is -0.126. The second-order valence-corrected chi connectivity index (χ2v) is 5.84. The van der Waals surface area contributed by atoms with Crippen LogP contribution in [0.25, 0.3) is 0 Å². The van der Waals surface area contributed by atoms with Crippen LogP contribution in [0.2, 0.25) is 0 Å². The molecule has 1 amide bonds. The number of carbonyl (C=O) groups excluding carboxylic acids is 1. The van der Waals surface area contributed by atoms with Gasteiger partial charge in [0.2, 0.25) is 5.91 Å². The SMILES string of the molecule is CC(C)CC(C)(C)CNC(=O)C1CNC1.Cl. The Bertz CT molecular complexity index is 225. The predicted molar refractivity (Wildman–Crippen MR) is 69.9 cm³/mol. The van der Waals surface area contributed by atoms with Crippen LogP contribution in [0.3, 0.4) is 0 Å². The fourth-order valence-electron chi connectivity index (χ4n) is 2.12.